The maximum atomic E-state index is 13.9. The first-order chi connectivity index (χ1) is 9.49. The fourth-order valence-corrected chi connectivity index (χ4v) is 2.61. The Labute approximate surface area is 131 Å². The Kier molecular flexibility index (Phi) is 5.58. The van der Waals surface area contributed by atoms with Crippen molar-refractivity contribution >= 4 is 25.9 Å². The van der Waals surface area contributed by atoms with Crippen molar-refractivity contribution in [2.24, 2.45) is 0 Å². The molecule has 0 spiro atoms. The Bertz CT molecular complexity index is 538. The molecule has 0 amide bonds. The molecule has 0 fully saturated rings. The second-order valence-corrected chi connectivity index (χ2v) is 11.7. The van der Waals surface area contributed by atoms with E-state index in [-0.39, 0.29) is 17.2 Å². The largest absolute Gasteiger partial charge is 0.465 e. The highest BCUT2D eigenvalue weighted by Crippen LogP contribution is 2.37. The summed E-state index contributed by atoms with van der Waals surface area (Å²) in [4.78, 5) is 11.4. The average Bonchev–Trinajstić information content (AvgIpc) is 2.37. The quantitative estimate of drug-likeness (QED) is 0.587. The number of halogens is 2. The van der Waals surface area contributed by atoms with E-state index in [0.29, 0.717) is 10.6 Å². The first-order valence-corrected chi connectivity index (χ1v) is 9.98. The van der Waals surface area contributed by atoms with Gasteiger partial charge in [-0.1, -0.05) is 32.4 Å². The van der Waals surface area contributed by atoms with Crippen molar-refractivity contribution in [2.45, 2.75) is 45.5 Å². The number of rotatable bonds is 4. The lowest BCUT2D eigenvalue weighted by molar-refractivity contribution is 0.0595. The predicted molar refractivity (Wildman–Crippen MR) is 84.7 cm³/mol. The Morgan fingerprint density at radius 2 is 1.90 bits per heavy atom. The van der Waals surface area contributed by atoms with Crippen LogP contribution in [0.2, 0.25) is 23.2 Å². The fraction of sp³-hybridized carbons (Fsp3) is 0.533. The highest BCUT2D eigenvalue weighted by molar-refractivity contribution is 6.74. The standard InChI is InChI=1S/C15H22ClFO3Si/c1-15(2,3)21(5,6)20-9-10-7-13(17)11(8-12(10)16)14(18)19-4/h7-8H,9H2,1-6H3. The van der Waals surface area contributed by atoms with E-state index in [4.69, 9.17) is 16.0 Å². The van der Waals surface area contributed by atoms with Gasteiger partial charge < -0.3 is 9.16 Å². The molecule has 118 valence electrons. The summed E-state index contributed by atoms with van der Waals surface area (Å²) in [6.07, 6.45) is 0. The Hall–Kier alpha value is -0.913. The van der Waals surface area contributed by atoms with Gasteiger partial charge in [0.1, 0.15) is 5.82 Å². The number of benzene rings is 1. The molecule has 0 saturated carbocycles. The zero-order valence-corrected chi connectivity index (χ0v) is 15.1. The number of methoxy groups -OCH3 is 1. The second kappa shape index (κ2) is 6.46. The SMILES string of the molecule is COC(=O)c1cc(Cl)c(CO[Si](C)(C)C(C)(C)C)cc1F. The van der Waals surface area contributed by atoms with Crippen LogP contribution >= 0.6 is 11.6 Å². The normalized spacial score (nSPS) is 12.4. The highest BCUT2D eigenvalue weighted by atomic mass is 35.5. The van der Waals surface area contributed by atoms with E-state index >= 15 is 0 Å². The van der Waals surface area contributed by atoms with Gasteiger partial charge in [-0.05, 0) is 35.8 Å². The summed E-state index contributed by atoms with van der Waals surface area (Å²) in [7, 11) is -0.744. The summed E-state index contributed by atoms with van der Waals surface area (Å²) in [5.74, 6) is -1.40. The van der Waals surface area contributed by atoms with Crippen molar-refractivity contribution in [3.63, 3.8) is 0 Å². The molecule has 0 atom stereocenters. The van der Waals surface area contributed by atoms with Crippen LogP contribution in [0, 0.1) is 5.82 Å². The van der Waals surface area contributed by atoms with E-state index in [1.807, 2.05) is 0 Å². The lowest BCUT2D eigenvalue weighted by atomic mass is 10.1. The van der Waals surface area contributed by atoms with Gasteiger partial charge in [0.15, 0.2) is 8.32 Å². The van der Waals surface area contributed by atoms with Crippen molar-refractivity contribution in [2.75, 3.05) is 7.11 Å². The molecular formula is C15H22ClFO3Si. The average molecular weight is 333 g/mol. The molecule has 21 heavy (non-hydrogen) atoms. The van der Waals surface area contributed by atoms with Crippen LogP contribution in [0.5, 0.6) is 0 Å². The zero-order chi connectivity index (χ0) is 16.4. The van der Waals surface area contributed by atoms with Gasteiger partial charge in [0.25, 0.3) is 0 Å². The van der Waals surface area contributed by atoms with Gasteiger partial charge in [0, 0.05) is 5.02 Å². The summed E-state index contributed by atoms with van der Waals surface area (Å²) in [6, 6.07) is 2.52. The minimum absolute atomic E-state index is 0.0595. The molecular weight excluding hydrogens is 311 g/mol. The Morgan fingerprint density at radius 3 is 2.38 bits per heavy atom. The molecule has 0 heterocycles. The van der Waals surface area contributed by atoms with E-state index in [1.165, 1.54) is 19.2 Å². The van der Waals surface area contributed by atoms with E-state index in [2.05, 4.69) is 38.6 Å². The van der Waals surface area contributed by atoms with Crippen molar-refractivity contribution in [1.29, 1.82) is 0 Å². The molecule has 0 aliphatic carbocycles. The van der Waals surface area contributed by atoms with Crippen LogP contribution in [0.4, 0.5) is 4.39 Å². The summed E-state index contributed by atoms with van der Waals surface area (Å²) >= 11 is 6.11. The van der Waals surface area contributed by atoms with Gasteiger partial charge in [-0.15, -0.1) is 0 Å². The number of carbonyl (C=O) groups is 1. The van der Waals surface area contributed by atoms with Crippen LogP contribution in [0.15, 0.2) is 12.1 Å². The minimum atomic E-state index is -1.94. The maximum absolute atomic E-state index is 13.9. The molecule has 1 aromatic rings. The number of ether oxygens (including phenoxy) is 1. The molecule has 0 saturated heterocycles. The van der Waals surface area contributed by atoms with Crippen molar-refractivity contribution in [3.8, 4) is 0 Å². The van der Waals surface area contributed by atoms with E-state index in [9.17, 15) is 9.18 Å². The molecule has 0 bridgehead atoms. The van der Waals surface area contributed by atoms with E-state index in [0.717, 1.165) is 0 Å². The number of hydrogen-bond donors (Lipinski definition) is 0. The zero-order valence-electron chi connectivity index (χ0n) is 13.3. The van der Waals surface area contributed by atoms with Crippen molar-refractivity contribution in [1.82, 2.24) is 0 Å². The first-order valence-electron chi connectivity index (χ1n) is 6.70. The van der Waals surface area contributed by atoms with Gasteiger partial charge >= 0.3 is 5.97 Å². The molecule has 0 aromatic heterocycles. The summed E-state index contributed by atoms with van der Waals surface area (Å²) < 4.78 is 24.4. The number of hydrogen-bond acceptors (Lipinski definition) is 3. The third-order valence-electron chi connectivity index (χ3n) is 3.94. The molecule has 0 aliphatic rings. The molecule has 1 rings (SSSR count). The third-order valence-corrected chi connectivity index (χ3v) is 8.77. The third kappa shape index (κ3) is 4.28. The maximum Gasteiger partial charge on any atom is 0.340 e. The van der Waals surface area contributed by atoms with Gasteiger partial charge in [0.2, 0.25) is 0 Å². The van der Waals surface area contributed by atoms with Crippen LogP contribution < -0.4 is 0 Å². The van der Waals surface area contributed by atoms with Crippen LogP contribution in [0.3, 0.4) is 0 Å². The van der Waals surface area contributed by atoms with Gasteiger partial charge in [0.05, 0.1) is 19.3 Å². The molecule has 0 radical (unpaired) electrons. The highest BCUT2D eigenvalue weighted by Gasteiger charge is 2.37. The molecule has 6 heteroatoms. The van der Waals surface area contributed by atoms with Gasteiger partial charge in [-0.25, -0.2) is 9.18 Å². The Balaban J connectivity index is 2.97. The number of esters is 1. The fourth-order valence-electron chi connectivity index (χ4n) is 1.44. The number of carbonyl (C=O) groups excluding carboxylic acids is 1. The van der Waals surface area contributed by atoms with E-state index < -0.39 is 20.1 Å². The topological polar surface area (TPSA) is 35.5 Å². The first kappa shape index (κ1) is 18.1. The molecule has 0 aliphatic heterocycles. The van der Waals surface area contributed by atoms with Crippen molar-refractivity contribution in [3.05, 3.63) is 34.1 Å². The molecule has 3 nitrogen and oxygen atoms in total. The van der Waals surface area contributed by atoms with Gasteiger partial charge in [-0.2, -0.15) is 0 Å². The monoisotopic (exact) mass is 332 g/mol. The van der Waals surface area contributed by atoms with E-state index in [1.54, 1.807) is 0 Å². The van der Waals surface area contributed by atoms with Gasteiger partial charge in [-0.3, -0.25) is 0 Å². The minimum Gasteiger partial charge on any atom is -0.465 e. The molecule has 0 unspecified atom stereocenters. The lowest BCUT2D eigenvalue weighted by Gasteiger charge is -2.36. The van der Waals surface area contributed by atoms with Crippen LogP contribution in [0.1, 0.15) is 36.7 Å². The van der Waals surface area contributed by atoms with Crippen LogP contribution in [0.25, 0.3) is 0 Å². The van der Waals surface area contributed by atoms with Crippen LogP contribution in [-0.4, -0.2) is 21.4 Å². The predicted octanol–water partition coefficient (Wildman–Crippen LogP) is 4.79. The summed E-state index contributed by atoms with van der Waals surface area (Å²) in [5, 5.41) is 0.361. The Morgan fingerprint density at radius 1 is 1.33 bits per heavy atom. The lowest BCUT2D eigenvalue weighted by Crippen LogP contribution is -2.40. The second-order valence-electron chi connectivity index (χ2n) is 6.46. The van der Waals surface area contributed by atoms with Crippen molar-refractivity contribution < 1.29 is 18.3 Å². The summed E-state index contributed by atoms with van der Waals surface area (Å²) in [5.41, 5.74) is 0.366. The summed E-state index contributed by atoms with van der Waals surface area (Å²) in [6.45, 7) is 10.8. The van der Waals surface area contributed by atoms with Crippen LogP contribution in [-0.2, 0) is 15.8 Å². The smallest absolute Gasteiger partial charge is 0.340 e. The molecule has 0 N–H and O–H groups in total. The molecule has 1 aromatic carbocycles.